The average molecular weight is 292 g/mol. The van der Waals surface area contributed by atoms with Gasteiger partial charge in [-0.25, -0.2) is 9.59 Å². The SMILES string of the molecule is Cc1cc(NC(=O)NCC2CCOC2C)ccc1C(=O)O. The quantitative estimate of drug-likeness (QED) is 0.794. The normalized spacial score (nSPS) is 21.0. The predicted octanol–water partition coefficient (Wildman–Crippen LogP) is 2.24. The number of carboxylic acid groups (broad SMARTS) is 1. The number of urea groups is 1. The lowest BCUT2D eigenvalue weighted by Gasteiger charge is -2.15. The van der Waals surface area contributed by atoms with Gasteiger partial charge < -0.3 is 20.5 Å². The summed E-state index contributed by atoms with van der Waals surface area (Å²) in [6.07, 6.45) is 1.12. The maximum absolute atomic E-state index is 11.8. The molecular formula is C15H20N2O4. The molecule has 3 N–H and O–H groups in total. The summed E-state index contributed by atoms with van der Waals surface area (Å²) in [5, 5.41) is 14.5. The van der Waals surface area contributed by atoms with E-state index in [0.717, 1.165) is 13.0 Å². The van der Waals surface area contributed by atoms with Crippen LogP contribution in [0.1, 0.15) is 29.3 Å². The van der Waals surface area contributed by atoms with E-state index in [2.05, 4.69) is 10.6 Å². The summed E-state index contributed by atoms with van der Waals surface area (Å²) < 4.78 is 5.44. The molecule has 1 heterocycles. The minimum atomic E-state index is -0.973. The van der Waals surface area contributed by atoms with E-state index in [1.54, 1.807) is 19.1 Å². The molecule has 1 aromatic rings. The standard InChI is InChI=1S/C15H20N2O4/c1-9-7-12(3-4-13(9)14(18)19)17-15(20)16-8-11-5-6-21-10(11)2/h3-4,7,10-11H,5-6,8H2,1-2H3,(H,18,19)(H2,16,17,20). The summed E-state index contributed by atoms with van der Waals surface area (Å²) in [5.41, 5.74) is 1.42. The van der Waals surface area contributed by atoms with Crippen LogP contribution in [0.3, 0.4) is 0 Å². The fraction of sp³-hybridized carbons (Fsp3) is 0.467. The van der Waals surface area contributed by atoms with E-state index in [9.17, 15) is 9.59 Å². The van der Waals surface area contributed by atoms with Crippen LogP contribution in [0, 0.1) is 12.8 Å². The zero-order valence-electron chi connectivity index (χ0n) is 12.2. The van der Waals surface area contributed by atoms with Crippen LogP contribution in [0.5, 0.6) is 0 Å². The first-order chi connectivity index (χ1) is 9.97. The number of benzene rings is 1. The number of aromatic carboxylic acids is 1. The third kappa shape index (κ3) is 3.95. The summed E-state index contributed by atoms with van der Waals surface area (Å²) in [7, 11) is 0. The first kappa shape index (κ1) is 15.3. The minimum absolute atomic E-state index is 0.169. The molecule has 2 atom stereocenters. The number of ether oxygens (including phenoxy) is 1. The van der Waals surface area contributed by atoms with Crippen molar-refractivity contribution in [2.75, 3.05) is 18.5 Å². The Bertz CT molecular complexity index is 544. The van der Waals surface area contributed by atoms with Crippen molar-refractivity contribution in [3.63, 3.8) is 0 Å². The van der Waals surface area contributed by atoms with E-state index >= 15 is 0 Å². The number of carbonyl (C=O) groups is 2. The smallest absolute Gasteiger partial charge is 0.335 e. The number of aryl methyl sites for hydroxylation is 1. The van der Waals surface area contributed by atoms with Crippen molar-refractivity contribution >= 4 is 17.7 Å². The van der Waals surface area contributed by atoms with Crippen LogP contribution in [0.4, 0.5) is 10.5 Å². The molecule has 0 radical (unpaired) electrons. The van der Waals surface area contributed by atoms with Gasteiger partial charge in [-0.1, -0.05) is 0 Å². The van der Waals surface area contributed by atoms with E-state index in [-0.39, 0.29) is 17.7 Å². The van der Waals surface area contributed by atoms with Crippen molar-refractivity contribution < 1.29 is 19.4 Å². The maximum atomic E-state index is 11.8. The van der Waals surface area contributed by atoms with Gasteiger partial charge in [0.15, 0.2) is 0 Å². The molecule has 1 aliphatic heterocycles. The van der Waals surface area contributed by atoms with Crippen LogP contribution < -0.4 is 10.6 Å². The Morgan fingerprint density at radius 3 is 2.76 bits per heavy atom. The van der Waals surface area contributed by atoms with Crippen LogP contribution in [0.15, 0.2) is 18.2 Å². The van der Waals surface area contributed by atoms with E-state index in [1.807, 2.05) is 6.92 Å². The third-order valence-electron chi connectivity index (χ3n) is 3.77. The number of hydrogen-bond donors (Lipinski definition) is 3. The molecule has 0 aromatic heterocycles. The first-order valence-corrected chi connectivity index (χ1v) is 6.97. The van der Waals surface area contributed by atoms with E-state index in [4.69, 9.17) is 9.84 Å². The molecule has 0 aliphatic carbocycles. The maximum Gasteiger partial charge on any atom is 0.335 e. The Hall–Kier alpha value is -2.08. The lowest BCUT2D eigenvalue weighted by atomic mass is 10.0. The third-order valence-corrected chi connectivity index (χ3v) is 3.77. The van der Waals surface area contributed by atoms with Crippen LogP contribution in [0.25, 0.3) is 0 Å². The highest BCUT2D eigenvalue weighted by Gasteiger charge is 2.24. The van der Waals surface area contributed by atoms with Crippen molar-refractivity contribution in [2.24, 2.45) is 5.92 Å². The number of hydrogen-bond acceptors (Lipinski definition) is 3. The zero-order valence-corrected chi connectivity index (χ0v) is 12.2. The number of nitrogens with one attached hydrogen (secondary N) is 2. The molecule has 114 valence electrons. The average Bonchev–Trinajstić information content (AvgIpc) is 2.81. The lowest BCUT2D eigenvalue weighted by Crippen LogP contribution is -2.35. The molecule has 2 unspecified atom stereocenters. The molecule has 1 saturated heterocycles. The number of anilines is 1. The zero-order chi connectivity index (χ0) is 15.4. The molecular weight excluding hydrogens is 272 g/mol. The van der Waals surface area contributed by atoms with E-state index < -0.39 is 5.97 Å². The van der Waals surface area contributed by atoms with Gasteiger partial charge in [-0.05, 0) is 44.0 Å². The molecule has 1 aliphatic rings. The van der Waals surface area contributed by atoms with Crippen LogP contribution in [0.2, 0.25) is 0 Å². The molecule has 1 fully saturated rings. The van der Waals surface area contributed by atoms with Crippen molar-refractivity contribution in [1.29, 1.82) is 0 Å². The largest absolute Gasteiger partial charge is 0.478 e. The number of carboxylic acids is 1. The second-order valence-corrected chi connectivity index (χ2v) is 5.29. The van der Waals surface area contributed by atoms with Gasteiger partial charge in [-0.3, -0.25) is 0 Å². The number of rotatable bonds is 4. The van der Waals surface area contributed by atoms with Crippen molar-refractivity contribution in [2.45, 2.75) is 26.4 Å². The topological polar surface area (TPSA) is 87.7 Å². The van der Waals surface area contributed by atoms with Crippen molar-refractivity contribution in [3.8, 4) is 0 Å². The molecule has 6 heteroatoms. The van der Waals surface area contributed by atoms with Crippen LogP contribution in [-0.2, 0) is 4.74 Å². The summed E-state index contributed by atoms with van der Waals surface area (Å²) in [6, 6.07) is 4.42. The molecule has 6 nitrogen and oxygen atoms in total. The highest BCUT2D eigenvalue weighted by molar-refractivity contribution is 5.92. The molecule has 0 saturated carbocycles. The Labute approximate surface area is 123 Å². The first-order valence-electron chi connectivity index (χ1n) is 6.97. The molecule has 0 bridgehead atoms. The summed E-state index contributed by atoms with van der Waals surface area (Å²) >= 11 is 0. The van der Waals surface area contributed by atoms with Crippen molar-refractivity contribution in [1.82, 2.24) is 5.32 Å². The Morgan fingerprint density at radius 1 is 1.43 bits per heavy atom. The van der Waals surface area contributed by atoms with Crippen LogP contribution >= 0.6 is 0 Å². The molecule has 2 rings (SSSR count). The van der Waals surface area contributed by atoms with Gasteiger partial charge in [-0.15, -0.1) is 0 Å². The van der Waals surface area contributed by atoms with Gasteiger partial charge >= 0.3 is 12.0 Å². The van der Waals surface area contributed by atoms with Crippen molar-refractivity contribution in [3.05, 3.63) is 29.3 Å². The molecule has 0 spiro atoms. The highest BCUT2D eigenvalue weighted by Crippen LogP contribution is 2.19. The van der Waals surface area contributed by atoms with E-state index in [1.165, 1.54) is 6.07 Å². The number of amides is 2. The van der Waals surface area contributed by atoms with Gasteiger partial charge in [0.2, 0.25) is 0 Å². The van der Waals surface area contributed by atoms with E-state index in [0.29, 0.717) is 23.7 Å². The van der Waals surface area contributed by atoms with Gasteiger partial charge in [-0.2, -0.15) is 0 Å². The predicted molar refractivity (Wildman–Crippen MR) is 78.7 cm³/mol. The minimum Gasteiger partial charge on any atom is -0.478 e. The van der Waals surface area contributed by atoms with Gasteiger partial charge in [0, 0.05) is 24.8 Å². The fourth-order valence-corrected chi connectivity index (χ4v) is 2.42. The second kappa shape index (κ2) is 6.58. The van der Waals surface area contributed by atoms with Gasteiger partial charge in [0.05, 0.1) is 11.7 Å². The lowest BCUT2D eigenvalue weighted by molar-refractivity contribution is 0.0696. The summed E-state index contributed by atoms with van der Waals surface area (Å²) in [4.78, 5) is 22.8. The van der Waals surface area contributed by atoms with Crippen LogP contribution in [-0.4, -0.2) is 36.4 Å². The summed E-state index contributed by atoms with van der Waals surface area (Å²) in [6.45, 7) is 5.01. The fourth-order valence-electron chi connectivity index (χ4n) is 2.42. The second-order valence-electron chi connectivity index (χ2n) is 5.29. The monoisotopic (exact) mass is 292 g/mol. The Balaban J connectivity index is 1.87. The highest BCUT2D eigenvalue weighted by atomic mass is 16.5. The Kier molecular flexibility index (Phi) is 4.80. The van der Waals surface area contributed by atoms with Gasteiger partial charge in [0.25, 0.3) is 0 Å². The Morgan fingerprint density at radius 2 is 2.19 bits per heavy atom. The molecule has 1 aromatic carbocycles. The summed E-state index contributed by atoms with van der Waals surface area (Å²) in [5.74, 6) is -0.634. The molecule has 2 amide bonds. The number of carbonyl (C=O) groups excluding carboxylic acids is 1. The van der Waals surface area contributed by atoms with Gasteiger partial charge in [0.1, 0.15) is 0 Å². The molecule has 21 heavy (non-hydrogen) atoms.